The molecule has 0 fully saturated rings. The summed E-state index contributed by atoms with van der Waals surface area (Å²) in [6.45, 7) is 7.30. The molecule has 0 aliphatic rings. The van der Waals surface area contributed by atoms with Gasteiger partial charge in [-0.3, -0.25) is 0 Å². The summed E-state index contributed by atoms with van der Waals surface area (Å²) in [6, 6.07) is 8.35. The van der Waals surface area contributed by atoms with Crippen molar-refractivity contribution < 1.29 is 9.84 Å². The maximum atomic E-state index is 9.95. The summed E-state index contributed by atoms with van der Waals surface area (Å²) in [6.07, 6.45) is 0.630. The Morgan fingerprint density at radius 2 is 2.00 bits per heavy atom. The largest absolute Gasteiger partial charge is 0.491 e. The van der Waals surface area contributed by atoms with Crippen LogP contribution in [0.1, 0.15) is 25.8 Å². The molecule has 0 aliphatic carbocycles. The van der Waals surface area contributed by atoms with Crippen molar-refractivity contribution in [3.05, 3.63) is 29.8 Å². The number of ether oxygens (including phenoxy) is 1. The van der Waals surface area contributed by atoms with Crippen molar-refractivity contribution in [2.45, 2.75) is 39.3 Å². The molecule has 2 atom stereocenters. The van der Waals surface area contributed by atoms with E-state index in [4.69, 9.17) is 4.74 Å². The lowest BCUT2D eigenvalue weighted by molar-refractivity contribution is 0.0647. The first-order valence-electron chi connectivity index (χ1n) is 6.61. The molecular formula is C15H25NO2. The van der Waals surface area contributed by atoms with E-state index in [-0.39, 0.29) is 0 Å². The maximum Gasteiger partial charge on any atom is 0.122 e. The summed E-state index contributed by atoms with van der Waals surface area (Å²) in [5.41, 5.74) is 1.10. The number of aliphatic hydroxyl groups is 1. The highest BCUT2D eigenvalue weighted by atomic mass is 16.5. The van der Waals surface area contributed by atoms with E-state index >= 15 is 0 Å². The average molecular weight is 251 g/mol. The number of hydrogen-bond donors (Lipinski definition) is 1. The summed E-state index contributed by atoms with van der Waals surface area (Å²) < 4.78 is 5.64. The van der Waals surface area contributed by atoms with Crippen molar-refractivity contribution in [3.63, 3.8) is 0 Å². The molecule has 0 radical (unpaired) electrons. The molecule has 0 bridgehead atoms. The lowest BCUT2D eigenvalue weighted by Gasteiger charge is -2.26. The molecule has 0 saturated heterocycles. The molecule has 0 amide bonds. The molecule has 0 aliphatic heterocycles. The summed E-state index contributed by atoms with van der Waals surface area (Å²) in [7, 11) is 2.03. The number of para-hydroxylation sites is 1. The van der Waals surface area contributed by atoms with Gasteiger partial charge in [-0.25, -0.2) is 0 Å². The number of aliphatic hydroxyl groups excluding tert-OH is 1. The van der Waals surface area contributed by atoms with E-state index in [0.717, 1.165) is 17.7 Å². The molecular weight excluding hydrogens is 226 g/mol. The minimum absolute atomic E-state index is 0.339. The van der Waals surface area contributed by atoms with Crippen LogP contribution in [-0.4, -0.2) is 42.4 Å². The highest BCUT2D eigenvalue weighted by Gasteiger charge is 2.13. The van der Waals surface area contributed by atoms with Crippen molar-refractivity contribution >= 4 is 0 Å². The topological polar surface area (TPSA) is 32.7 Å². The van der Waals surface area contributed by atoms with Crippen LogP contribution in [0.2, 0.25) is 0 Å². The lowest BCUT2D eigenvalue weighted by atomic mass is 10.2. The minimum Gasteiger partial charge on any atom is -0.491 e. The van der Waals surface area contributed by atoms with Gasteiger partial charge in [0.1, 0.15) is 18.5 Å². The van der Waals surface area contributed by atoms with Crippen LogP contribution in [0.15, 0.2) is 24.3 Å². The Morgan fingerprint density at radius 1 is 1.33 bits per heavy atom. The Balaban J connectivity index is 2.37. The van der Waals surface area contributed by atoms with E-state index < -0.39 is 6.10 Å². The van der Waals surface area contributed by atoms with Crippen molar-refractivity contribution in [2.24, 2.45) is 0 Å². The zero-order valence-corrected chi connectivity index (χ0v) is 11.9. The molecule has 0 aromatic heterocycles. The Kier molecular flexibility index (Phi) is 6.16. The molecule has 18 heavy (non-hydrogen) atoms. The fourth-order valence-electron chi connectivity index (χ4n) is 1.78. The van der Waals surface area contributed by atoms with E-state index in [2.05, 4.69) is 18.7 Å². The maximum absolute atomic E-state index is 9.95. The van der Waals surface area contributed by atoms with Crippen molar-refractivity contribution in [2.75, 3.05) is 20.2 Å². The van der Waals surface area contributed by atoms with E-state index in [9.17, 15) is 5.11 Å². The Labute approximate surface area is 110 Å². The molecule has 1 aromatic carbocycles. The van der Waals surface area contributed by atoms with Gasteiger partial charge in [0.25, 0.3) is 0 Å². The van der Waals surface area contributed by atoms with Gasteiger partial charge in [-0.05, 0) is 38.9 Å². The fourth-order valence-corrected chi connectivity index (χ4v) is 1.78. The van der Waals surface area contributed by atoms with Gasteiger partial charge in [0.2, 0.25) is 0 Å². The van der Waals surface area contributed by atoms with Crippen LogP contribution in [0.25, 0.3) is 0 Å². The normalized spacial score (nSPS) is 14.6. The number of likely N-dealkylation sites (N-methyl/N-ethyl adjacent to an activating group) is 1. The number of nitrogens with zero attached hydrogens (tertiary/aromatic N) is 1. The van der Waals surface area contributed by atoms with Gasteiger partial charge >= 0.3 is 0 Å². The molecule has 2 unspecified atom stereocenters. The molecule has 1 rings (SSSR count). The second-order valence-electron chi connectivity index (χ2n) is 4.93. The van der Waals surface area contributed by atoms with E-state index in [0.29, 0.717) is 19.2 Å². The predicted octanol–water partition coefficient (Wildman–Crippen LogP) is 2.47. The molecule has 0 spiro atoms. The molecule has 102 valence electrons. The van der Waals surface area contributed by atoms with E-state index in [1.54, 1.807) is 0 Å². The highest BCUT2D eigenvalue weighted by molar-refractivity contribution is 5.31. The zero-order chi connectivity index (χ0) is 13.5. The van der Waals surface area contributed by atoms with Gasteiger partial charge in [-0.1, -0.05) is 25.1 Å². The van der Waals surface area contributed by atoms with E-state index in [1.165, 1.54) is 0 Å². The number of aryl methyl sites for hydroxylation is 1. The third kappa shape index (κ3) is 4.67. The second kappa shape index (κ2) is 7.39. The van der Waals surface area contributed by atoms with Crippen LogP contribution in [0.3, 0.4) is 0 Å². The highest BCUT2D eigenvalue weighted by Crippen LogP contribution is 2.16. The standard InChI is InChI=1S/C15H25NO2/c1-5-13(3)16(4)10-14(17)11-18-15-9-7-6-8-12(15)2/h6-9,13-14,17H,5,10-11H2,1-4H3. The first-order valence-corrected chi connectivity index (χ1v) is 6.61. The van der Waals surface area contributed by atoms with Crippen LogP contribution < -0.4 is 4.74 Å². The summed E-state index contributed by atoms with van der Waals surface area (Å²) in [5.74, 6) is 0.850. The van der Waals surface area contributed by atoms with Gasteiger partial charge < -0.3 is 14.7 Å². The first kappa shape index (κ1) is 15.0. The van der Waals surface area contributed by atoms with Gasteiger partial charge in [-0.15, -0.1) is 0 Å². The fraction of sp³-hybridized carbons (Fsp3) is 0.600. The van der Waals surface area contributed by atoms with Gasteiger partial charge in [0.05, 0.1) is 0 Å². The first-order chi connectivity index (χ1) is 8.54. The van der Waals surface area contributed by atoms with Crippen molar-refractivity contribution in [1.82, 2.24) is 4.90 Å². The average Bonchev–Trinajstić information content (AvgIpc) is 2.36. The van der Waals surface area contributed by atoms with Gasteiger partial charge in [0.15, 0.2) is 0 Å². The number of hydrogen-bond acceptors (Lipinski definition) is 3. The monoisotopic (exact) mass is 251 g/mol. The molecule has 0 saturated carbocycles. The summed E-state index contributed by atoms with van der Waals surface area (Å²) >= 11 is 0. The Morgan fingerprint density at radius 3 is 2.61 bits per heavy atom. The summed E-state index contributed by atoms with van der Waals surface area (Å²) in [4.78, 5) is 2.16. The SMILES string of the molecule is CCC(C)N(C)CC(O)COc1ccccc1C. The Bertz CT molecular complexity index is 354. The van der Waals surface area contributed by atoms with Crippen LogP contribution in [-0.2, 0) is 0 Å². The van der Waals surface area contributed by atoms with Crippen molar-refractivity contribution in [3.8, 4) is 5.75 Å². The number of benzene rings is 1. The smallest absolute Gasteiger partial charge is 0.122 e. The molecule has 1 aromatic rings. The predicted molar refractivity (Wildman–Crippen MR) is 75.1 cm³/mol. The molecule has 3 heteroatoms. The Hall–Kier alpha value is -1.06. The summed E-state index contributed by atoms with van der Waals surface area (Å²) in [5, 5.41) is 9.95. The van der Waals surface area contributed by atoms with Crippen LogP contribution in [0, 0.1) is 6.92 Å². The lowest BCUT2D eigenvalue weighted by Crippen LogP contribution is -2.38. The van der Waals surface area contributed by atoms with Crippen molar-refractivity contribution in [1.29, 1.82) is 0 Å². The third-order valence-corrected chi connectivity index (χ3v) is 3.37. The molecule has 0 heterocycles. The van der Waals surface area contributed by atoms with E-state index in [1.807, 2.05) is 38.2 Å². The minimum atomic E-state index is -0.455. The van der Waals surface area contributed by atoms with Gasteiger partial charge in [0, 0.05) is 12.6 Å². The van der Waals surface area contributed by atoms with Crippen LogP contribution in [0.5, 0.6) is 5.75 Å². The molecule has 1 N–H and O–H groups in total. The zero-order valence-electron chi connectivity index (χ0n) is 11.9. The second-order valence-corrected chi connectivity index (χ2v) is 4.93. The van der Waals surface area contributed by atoms with Crippen LogP contribution >= 0.6 is 0 Å². The van der Waals surface area contributed by atoms with Crippen LogP contribution in [0.4, 0.5) is 0 Å². The molecule has 3 nitrogen and oxygen atoms in total. The van der Waals surface area contributed by atoms with Gasteiger partial charge in [-0.2, -0.15) is 0 Å². The third-order valence-electron chi connectivity index (χ3n) is 3.37. The quantitative estimate of drug-likeness (QED) is 0.808. The number of rotatable bonds is 7.